The van der Waals surface area contributed by atoms with Gasteiger partial charge in [0.25, 0.3) is 5.69 Å². The van der Waals surface area contributed by atoms with E-state index in [1.807, 2.05) is 6.07 Å². The molecule has 0 bridgehead atoms. The summed E-state index contributed by atoms with van der Waals surface area (Å²) in [5, 5.41) is 10.6. The highest BCUT2D eigenvalue weighted by Crippen LogP contribution is 2.34. The number of carbonyl (C=O) groups excluding carboxylic acids is 3. The number of amides is 2. The molecular weight excluding hydrogens is 454 g/mol. The second kappa shape index (κ2) is 9.72. The average molecular weight is 474 g/mol. The van der Waals surface area contributed by atoms with E-state index in [9.17, 15) is 24.5 Å². The smallest absolute Gasteiger partial charge is 0.276 e. The highest BCUT2D eigenvalue weighted by Gasteiger charge is 2.40. The van der Waals surface area contributed by atoms with Crippen molar-refractivity contribution in [3.63, 3.8) is 0 Å². The molecule has 3 aromatic rings. The zero-order chi connectivity index (χ0) is 24.2. The molecule has 9 heteroatoms. The van der Waals surface area contributed by atoms with E-state index < -0.39 is 10.2 Å². The van der Waals surface area contributed by atoms with Crippen LogP contribution in [-0.2, 0) is 9.59 Å². The molecule has 0 spiro atoms. The lowest BCUT2D eigenvalue weighted by molar-refractivity contribution is -0.385. The first-order valence-corrected chi connectivity index (χ1v) is 11.2. The van der Waals surface area contributed by atoms with Gasteiger partial charge in [0.05, 0.1) is 21.4 Å². The summed E-state index contributed by atoms with van der Waals surface area (Å²) >= 11 is 1.29. The van der Waals surface area contributed by atoms with Crippen LogP contribution in [0, 0.1) is 10.1 Å². The van der Waals surface area contributed by atoms with Crippen molar-refractivity contribution in [3.8, 4) is 0 Å². The summed E-state index contributed by atoms with van der Waals surface area (Å²) < 4.78 is 0. The van der Waals surface area contributed by atoms with Gasteiger partial charge in [-0.3, -0.25) is 24.5 Å². The van der Waals surface area contributed by atoms with Gasteiger partial charge in [-0.05, 0) is 60.7 Å². The Morgan fingerprint density at radius 1 is 1.06 bits per heavy atom. The van der Waals surface area contributed by atoms with Gasteiger partial charge < -0.3 is 5.73 Å². The molecule has 3 aromatic carbocycles. The summed E-state index contributed by atoms with van der Waals surface area (Å²) in [6.45, 7) is 0. The molecule has 2 amide bonds. The number of allylic oxidation sites excluding steroid dienone is 1. The Labute approximate surface area is 199 Å². The Kier molecular flexibility index (Phi) is 6.55. The molecular formula is C25H19N3O5S. The first kappa shape index (κ1) is 22.9. The van der Waals surface area contributed by atoms with E-state index in [4.69, 9.17) is 5.73 Å². The molecule has 0 saturated carbocycles. The van der Waals surface area contributed by atoms with E-state index in [0.29, 0.717) is 22.5 Å². The van der Waals surface area contributed by atoms with Crippen LogP contribution in [0.1, 0.15) is 22.3 Å². The van der Waals surface area contributed by atoms with E-state index >= 15 is 0 Å². The van der Waals surface area contributed by atoms with Gasteiger partial charge in [0.15, 0.2) is 5.78 Å². The maximum atomic E-state index is 12.9. The quantitative estimate of drug-likeness (QED) is 0.134. The third kappa shape index (κ3) is 4.89. The highest BCUT2D eigenvalue weighted by atomic mass is 32.2. The van der Waals surface area contributed by atoms with E-state index in [0.717, 1.165) is 9.80 Å². The van der Waals surface area contributed by atoms with Crippen molar-refractivity contribution in [3.05, 3.63) is 100 Å². The Hall–Kier alpha value is -4.24. The molecule has 0 aliphatic carbocycles. The number of hydrogen-bond donors (Lipinski definition) is 1. The summed E-state index contributed by atoms with van der Waals surface area (Å²) in [5.41, 5.74) is 7.29. The lowest BCUT2D eigenvalue weighted by Gasteiger charge is -2.15. The number of rotatable bonds is 7. The predicted octanol–water partition coefficient (Wildman–Crippen LogP) is 4.50. The fourth-order valence-electron chi connectivity index (χ4n) is 3.55. The van der Waals surface area contributed by atoms with Crippen LogP contribution in [0.2, 0.25) is 0 Å². The molecule has 8 nitrogen and oxygen atoms in total. The minimum atomic E-state index is -0.555. The predicted molar refractivity (Wildman–Crippen MR) is 131 cm³/mol. The first-order valence-electron chi connectivity index (χ1n) is 10.3. The minimum Gasteiger partial charge on any atom is -0.399 e. The first-order chi connectivity index (χ1) is 16.3. The number of nitro benzene ring substituents is 1. The van der Waals surface area contributed by atoms with Crippen LogP contribution in [0.4, 0.5) is 17.1 Å². The fraction of sp³-hybridized carbons (Fsp3) is 0.0800. The Morgan fingerprint density at radius 2 is 1.79 bits per heavy atom. The maximum Gasteiger partial charge on any atom is 0.276 e. The Morgan fingerprint density at radius 3 is 2.50 bits per heavy atom. The second-order valence-corrected chi connectivity index (χ2v) is 8.79. The van der Waals surface area contributed by atoms with Crippen molar-refractivity contribution < 1.29 is 19.3 Å². The van der Waals surface area contributed by atoms with Gasteiger partial charge in [-0.15, -0.1) is 11.8 Å². The van der Waals surface area contributed by atoms with Crippen LogP contribution in [0.3, 0.4) is 0 Å². The molecule has 2 N–H and O–H groups in total. The number of thioether (sulfide) groups is 1. The zero-order valence-corrected chi connectivity index (χ0v) is 18.6. The van der Waals surface area contributed by atoms with Crippen molar-refractivity contribution in [1.82, 2.24) is 0 Å². The second-order valence-electron chi connectivity index (χ2n) is 7.51. The van der Waals surface area contributed by atoms with Gasteiger partial charge >= 0.3 is 0 Å². The molecule has 1 saturated heterocycles. The van der Waals surface area contributed by atoms with Gasteiger partial charge in [0.1, 0.15) is 0 Å². The molecule has 0 radical (unpaired) electrons. The SMILES string of the molecule is Nc1cccc(SC2CC(=O)N(c3ccc(C(=O)/C=C/c4ccccc4[N+](=O)[O-])cc3)C2=O)c1. The summed E-state index contributed by atoms with van der Waals surface area (Å²) in [6, 6.07) is 19.3. The van der Waals surface area contributed by atoms with Crippen LogP contribution in [0.15, 0.2) is 83.8 Å². The number of nitrogens with zero attached hydrogens (tertiary/aromatic N) is 2. The van der Waals surface area contributed by atoms with E-state index in [-0.39, 0.29) is 29.7 Å². The lowest BCUT2D eigenvalue weighted by Crippen LogP contribution is -2.31. The molecule has 1 aliphatic rings. The molecule has 1 aliphatic heterocycles. The van der Waals surface area contributed by atoms with Crippen LogP contribution in [0.25, 0.3) is 6.08 Å². The van der Waals surface area contributed by atoms with E-state index in [2.05, 4.69) is 0 Å². The lowest BCUT2D eigenvalue weighted by atomic mass is 10.1. The third-order valence-electron chi connectivity index (χ3n) is 5.20. The third-order valence-corrected chi connectivity index (χ3v) is 6.38. The van der Waals surface area contributed by atoms with Crippen LogP contribution >= 0.6 is 11.8 Å². The number of hydrogen-bond acceptors (Lipinski definition) is 7. The molecule has 1 heterocycles. The van der Waals surface area contributed by atoms with Gasteiger partial charge in [-0.25, -0.2) is 4.90 Å². The van der Waals surface area contributed by atoms with E-state index in [1.54, 1.807) is 36.4 Å². The van der Waals surface area contributed by atoms with Crippen molar-refractivity contribution in [2.24, 2.45) is 0 Å². The summed E-state index contributed by atoms with van der Waals surface area (Å²) in [7, 11) is 0. The molecule has 34 heavy (non-hydrogen) atoms. The van der Waals surface area contributed by atoms with Crippen molar-refractivity contribution >= 4 is 52.5 Å². The summed E-state index contributed by atoms with van der Waals surface area (Å²) in [6.07, 6.45) is 2.71. The minimum absolute atomic E-state index is 0.0670. The number of ketones is 1. The van der Waals surface area contributed by atoms with Crippen molar-refractivity contribution in [1.29, 1.82) is 0 Å². The average Bonchev–Trinajstić information content (AvgIpc) is 3.10. The molecule has 170 valence electrons. The van der Waals surface area contributed by atoms with Crippen molar-refractivity contribution in [2.45, 2.75) is 16.6 Å². The monoisotopic (exact) mass is 473 g/mol. The number of nitro groups is 1. The summed E-state index contributed by atoms with van der Waals surface area (Å²) in [5.74, 6) is -1.01. The van der Waals surface area contributed by atoms with E-state index in [1.165, 1.54) is 54.2 Å². The van der Waals surface area contributed by atoms with Gasteiger partial charge in [0, 0.05) is 28.6 Å². The number of carbonyl (C=O) groups is 3. The number of nitrogen functional groups attached to an aromatic ring is 1. The van der Waals surface area contributed by atoms with Crippen molar-refractivity contribution in [2.75, 3.05) is 10.6 Å². The number of imide groups is 1. The largest absolute Gasteiger partial charge is 0.399 e. The Bertz CT molecular complexity index is 1320. The molecule has 1 unspecified atom stereocenters. The normalized spacial score (nSPS) is 15.8. The number of para-hydroxylation sites is 1. The van der Waals surface area contributed by atoms with Gasteiger partial charge in [-0.2, -0.15) is 0 Å². The molecule has 4 rings (SSSR count). The summed E-state index contributed by atoms with van der Waals surface area (Å²) in [4.78, 5) is 50.5. The topological polar surface area (TPSA) is 124 Å². The zero-order valence-electron chi connectivity index (χ0n) is 17.8. The van der Waals surface area contributed by atoms with Gasteiger partial charge in [-0.1, -0.05) is 18.2 Å². The highest BCUT2D eigenvalue weighted by molar-refractivity contribution is 8.00. The van der Waals surface area contributed by atoms with Gasteiger partial charge in [0.2, 0.25) is 11.8 Å². The Balaban J connectivity index is 1.47. The number of nitrogens with two attached hydrogens (primary N) is 1. The molecule has 1 fully saturated rings. The number of anilines is 2. The van der Waals surface area contributed by atoms with Crippen LogP contribution in [0.5, 0.6) is 0 Å². The maximum absolute atomic E-state index is 12.9. The molecule has 0 aromatic heterocycles. The fourth-order valence-corrected chi connectivity index (χ4v) is 4.67. The van der Waals surface area contributed by atoms with Crippen LogP contribution in [-0.4, -0.2) is 27.8 Å². The molecule has 1 atom stereocenters. The number of benzene rings is 3. The standard InChI is InChI=1S/C25H19N3O5S/c26-18-5-3-6-20(14-18)34-23-15-24(30)27(25(23)31)19-11-8-17(9-12-19)22(29)13-10-16-4-1-2-7-21(16)28(32)33/h1-14,23H,15,26H2/b13-10+. The van der Waals surface area contributed by atoms with Crippen LogP contribution < -0.4 is 10.6 Å².